The van der Waals surface area contributed by atoms with Crippen molar-refractivity contribution in [1.29, 1.82) is 0 Å². The van der Waals surface area contributed by atoms with Gasteiger partial charge in [-0.15, -0.1) is 0 Å². The van der Waals surface area contributed by atoms with E-state index in [0.717, 1.165) is 46.1 Å². The van der Waals surface area contributed by atoms with E-state index in [1.807, 2.05) is 60.7 Å². The molecule has 9 heteroatoms. The summed E-state index contributed by atoms with van der Waals surface area (Å²) in [6, 6.07) is 23.5. The fraction of sp³-hybridized carbons (Fsp3) is 0.300. The molecule has 0 bridgehead atoms. The van der Waals surface area contributed by atoms with E-state index in [1.165, 1.54) is 0 Å². The molecular weight excluding hydrogens is 553 g/mol. The summed E-state index contributed by atoms with van der Waals surface area (Å²) in [4.78, 5) is 15.5. The first-order valence-corrected chi connectivity index (χ1v) is 15.5. The van der Waals surface area contributed by atoms with Gasteiger partial charge in [0.25, 0.3) is 0 Å². The number of hydrogen-bond acceptors (Lipinski definition) is 4. The molecule has 1 aliphatic heterocycles. The first-order chi connectivity index (χ1) is 18.8. The Kier molecular flexibility index (Phi) is 7.18. The van der Waals surface area contributed by atoms with Crippen LogP contribution in [0.5, 0.6) is 0 Å². The molecule has 0 amide bonds. The number of pyridine rings is 1. The first-order valence-electron chi connectivity index (χ1n) is 13.2. The number of H-pyrrole nitrogens is 1. The number of fused-ring (bicyclic) bond motifs is 1. The molecule has 1 saturated carbocycles. The van der Waals surface area contributed by atoms with Crippen LogP contribution in [0.15, 0.2) is 77.6 Å². The lowest BCUT2D eigenvalue weighted by Crippen LogP contribution is -2.43. The maximum absolute atomic E-state index is 12.7. The second-order valence-corrected chi connectivity index (χ2v) is 13.5. The van der Waals surface area contributed by atoms with Gasteiger partial charge in [-0.25, -0.2) is 12.7 Å². The Morgan fingerprint density at radius 1 is 0.795 bits per heavy atom. The van der Waals surface area contributed by atoms with Gasteiger partial charge in [0, 0.05) is 52.2 Å². The molecule has 1 saturated heterocycles. The molecule has 0 spiro atoms. The Morgan fingerprint density at radius 3 is 1.92 bits per heavy atom. The lowest BCUT2D eigenvalue weighted by Gasteiger charge is -2.32. The van der Waals surface area contributed by atoms with Crippen molar-refractivity contribution < 1.29 is 8.42 Å². The van der Waals surface area contributed by atoms with Crippen molar-refractivity contribution in [3.63, 3.8) is 0 Å². The number of anilines is 1. The quantitative estimate of drug-likeness (QED) is 0.248. The second kappa shape index (κ2) is 10.6. The number of piperidine rings is 1. The Bertz CT molecular complexity index is 1610. The summed E-state index contributed by atoms with van der Waals surface area (Å²) in [6.07, 6.45) is 2.93. The largest absolute Gasteiger partial charge is 0.382 e. The third kappa shape index (κ3) is 5.59. The number of benzene rings is 3. The summed E-state index contributed by atoms with van der Waals surface area (Å²) in [5.74, 6) is -0.0698. The van der Waals surface area contributed by atoms with Crippen molar-refractivity contribution in [2.24, 2.45) is 0 Å². The lowest BCUT2D eigenvalue weighted by atomic mass is 9.84. The zero-order valence-electron chi connectivity index (χ0n) is 21.2. The Balaban J connectivity index is 1.33. The van der Waals surface area contributed by atoms with Crippen molar-refractivity contribution in [2.75, 3.05) is 18.4 Å². The van der Waals surface area contributed by atoms with Gasteiger partial charge in [-0.3, -0.25) is 4.79 Å². The van der Waals surface area contributed by atoms with Crippen molar-refractivity contribution in [1.82, 2.24) is 9.29 Å². The van der Waals surface area contributed by atoms with Gasteiger partial charge in [-0.05, 0) is 78.8 Å². The summed E-state index contributed by atoms with van der Waals surface area (Å²) in [6.45, 7) is 0.996. The molecule has 1 aliphatic carbocycles. The molecule has 3 aromatic carbocycles. The standard InChI is InChI=1S/C30H29Cl2N3O3S/c31-22-6-1-19(2-7-22)30(20-3-8-23(32)9-4-20)21-5-12-27-26(17-21)28(18-29(36)34-27)33-24-13-15-35(16-14-24)39(37,38)25-10-11-25/h1-9,12,17-18,24-25,30H,10-11,13-16H2,(H2,33,34,36). The molecule has 2 fully saturated rings. The monoisotopic (exact) mass is 581 g/mol. The molecule has 1 aromatic heterocycles. The lowest BCUT2D eigenvalue weighted by molar-refractivity contribution is 0.329. The number of sulfonamides is 1. The van der Waals surface area contributed by atoms with Gasteiger partial charge in [0.1, 0.15) is 0 Å². The molecule has 2 aliphatic rings. The number of nitrogens with zero attached hydrogens (tertiary/aromatic N) is 1. The zero-order chi connectivity index (χ0) is 27.1. The van der Waals surface area contributed by atoms with E-state index in [9.17, 15) is 13.2 Å². The minimum Gasteiger partial charge on any atom is -0.382 e. The van der Waals surface area contributed by atoms with E-state index in [4.69, 9.17) is 23.2 Å². The van der Waals surface area contributed by atoms with Crippen LogP contribution < -0.4 is 10.9 Å². The molecule has 6 nitrogen and oxygen atoms in total. The van der Waals surface area contributed by atoms with Crippen LogP contribution in [0.1, 0.15) is 48.3 Å². The minimum absolute atomic E-state index is 0.0698. The zero-order valence-corrected chi connectivity index (χ0v) is 23.6. The van der Waals surface area contributed by atoms with Gasteiger partial charge >= 0.3 is 0 Å². The molecule has 39 heavy (non-hydrogen) atoms. The Hall–Kier alpha value is -2.84. The molecule has 6 rings (SSSR count). The number of aromatic amines is 1. The number of hydrogen-bond donors (Lipinski definition) is 2. The van der Waals surface area contributed by atoms with Crippen LogP contribution in [0.3, 0.4) is 0 Å². The maximum Gasteiger partial charge on any atom is 0.250 e. The van der Waals surface area contributed by atoms with Crippen molar-refractivity contribution in [3.8, 4) is 0 Å². The van der Waals surface area contributed by atoms with Crippen molar-refractivity contribution >= 4 is 49.8 Å². The summed E-state index contributed by atoms with van der Waals surface area (Å²) < 4.78 is 26.9. The molecule has 2 N–H and O–H groups in total. The van der Waals surface area contributed by atoms with Crippen LogP contribution in [0.4, 0.5) is 5.69 Å². The van der Waals surface area contributed by atoms with Gasteiger partial charge in [0.05, 0.1) is 10.8 Å². The fourth-order valence-electron chi connectivity index (χ4n) is 5.51. The highest BCUT2D eigenvalue weighted by Crippen LogP contribution is 2.36. The van der Waals surface area contributed by atoms with E-state index < -0.39 is 10.0 Å². The summed E-state index contributed by atoms with van der Waals surface area (Å²) >= 11 is 12.4. The average molecular weight is 583 g/mol. The third-order valence-electron chi connectivity index (χ3n) is 7.73. The van der Waals surface area contributed by atoms with Gasteiger partial charge in [-0.1, -0.05) is 53.5 Å². The number of rotatable bonds is 7. The Morgan fingerprint density at radius 2 is 1.36 bits per heavy atom. The van der Waals surface area contributed by atoms with Gasteiger partial charge in [0.15, 0.2) is 0 Å². The maximum atomic E-state index is 12.7. The normalized spacial score (nSPS) is 17.1. The first kappa shape index (κ1) is 26.4. The van der Waals surface area contributed by atoms with Crippen LogP contribution in [0, 0.1) is 0 Å². The molecule has 2 heterocycles. The van der Waals surface area contributed by atoms with E-state index in [2.05, 4.69) is 16.4 Å². The molecule has 202 valence electrons. The molecule has 0 unspecified atom stereocenters. The van der Waals surface area contributed by atoms with E-state index in [-0.39, 0.29) is 22.8 Å². The van der Waals surface area contributed by atoms with E-state index in [0.29, 0.717) is 36.0 Å². The predicted molar refractivity (Wildman–Crippen MR) is 159 cm³/mol. The third-order valence-corrected chi connectivity index (χ3v) is 10.6. The van der Waals surface area contributed by atoms with Crippen molar-refractivity contribution in [2.45, 2.75) is 42.9 Å². The number of nitrogens with one attached hydrogen (secondary N) is 2. The Labute approximate surface area is 238 Å². The molecule has 0 radical (unpaired) electrons. The van der Waals surface area contributed by atoms with Gasteiger partial charge in [-0.2, -0.15) is 0 Å². The highest BCUT2D eigenvalue weighted by Gasteiger charge is 2.41. The van der Waals surface area contributed by atoms with Crippen LogP contribution >= 0.6 is 23.2 Å². The number of halogens is 2. The minimum atomic E-state index is -3.17. The number of aromatic nitrogens is 1. The highest BCUT2D eigenvalue weighted by molar-refractivity contribution is 7.90. The van der Waals surface area contributed by atoms with Gasteiger partial charge in [0.2, 0.25) is 15.6 Å². The second-order valence-electron chi connectivity index (χ2n) is 10.5. The smallest absolute Gasteiger partial charge is 0.250 e. The summed E-state index contributed by atoms with van der Waals surface area (Å²) in [5, 5.41) is 5.63. The highest BCUT2D eigenvalue weighted by atomic mass is 35.5. The SMILES string of the molecule is O=c1cc(NC2CCN(S(=O)(=O)C3CC3)CC2)c2cc(C(c3ccc(Cl)cc3)c3ccc(Cl)cc3)ccc2[nH]1. The summed E-state index contributed by atoms with van der Waals surface area (Å²) in [5.41, 5.74) is 4.55. The predicted octanol–water partition coefficient (Wildman–Crippen LogP) is 6.38. The van der Waals surface area contributed by atoms with Crippen molar-refractivity contribution in [3.05, 3.63) is 110 Å². The topological polar surface area (TPSA) is 82.3 Å². The van der Waals surface area contributed by atoms with E-state index >= 15 is 0 Å². The average Bonchev–Trinajstić information content (AvgIpc) is 3.78. The molecule has 4 aromatic rings. The fourth-order valence-corrected chi connectivity index (χ4v) is 7.63. The van der Waals surface area contributed by atoms with Crippen LogP contribution in [0.25, 0.3) is 10.9 Å². The summed E-state index contributed by atoms with van der Waals surface area (Å²) in [7, 11) is -3.17. The van der Waals surface area contributed by atoms with Crippen LogP contribution in [-0.2, 0) is 10.0 Å². The van der Waals surface area contributed by atoms with Crippen LogP contribution in [-0.4, -0.2) is 42.1 Å². The molecular formula is C30H29Cl2N3O3S. The van der Waals surface area contributed by atoms with Crippen LogP contribution in [0.2, 0.25) is 10.0 Å². The van der Waals surface area contributed by atoms with Gasteiger partial charge < -0.3 is 10.3 Å². The van der Waals surface area contributed by atoms with E-state index in [1.54, 1.807) is 10.4 Å². The molecule has 0 atom stereocenters.